The SMILES string of the molecule is COc1cccc(NC(=O)c2cnc(Nc3c(C)cccc3C)nc2)c1. The van der Waals surface area contributed by atoms with Gasteiger partial charge in [0.1, 0.15) is 5.75 Å². The number of carbonyl (C=O) groups is 1. The zero-order valence-electron chi connectivity index (χ0n) is 14.9. The van der Waals surface area contributed by atoms with Gasteiger partial charge in [-0.2, -0.15) is 0 Å². The molecule has 6 heteroatoms. The molecule has 0 aliphatic heterocycles. The van der Waals surface area contributed by atoms with Crippen molar-refractivity contribution in [3.8, 4) is 5.75 Å². The van der Waals surface area contributed by atoms with Gasteiger partial charge in [0, 0.05) is 29.8 Å². The molecule has 1 aromatic heterocycles. The maximum Gasteiger partial charge on any atom is 0.258 e. The summed E-state index contributed by atoms with van der Waals surface area (Å²) in [6.45, 7) is 4.04. The van der Waals surface area contributed by atoms with Crippen molar-refractivity contribution in [2.75, 3.05) is 17.7 Å². The molecule has 0 aliphatic carbocycles. The maximum absolute atomic E-state index is 12.3. The molecule has 2 N–H and O–H groups in total. The predicted molar refractivity (Wildman–Crippen MR) is 102 cm³/mol. The zero-order valence-corrected chi connectivity index (χ0v) is 14.9. The van der Waals surface area contributed by atoms with E-state index in [0.29, 0.717) is 22.9 Å². The molecule has 0 saturated carbocycles. The summed E-state index contributed by atoms with van der Waals surface area (Å²) in [5, 5.41) is 6.00. The van der Waals surface area contributed by atoms with E-state index in [1.807, 2.05) is 44.2 Å². The summed E-state index contributed by atoms with van der Waals surface area (Å²) in [4.78, 5) is 20.8. The van der Waals surface area contributed by atoms with Gasteiger partial charge >= 0.3 is 0 Å². The van der Waals surface area contributed by atoms with E-state index in [9.17, 15) is 4.79 Å². The number of benzene rings is 2. The number of hydrogen-bond donors (Lipinski definition) is 2. The standard InChI is InChI=1S/C20H20N4O2/c1-13-6-4-7-14(2)18(13)24-20-21-11-15(12-22-20)19(25)23-16-8-5-9-17(10-16)26-3/h4-12H,1-3H3,(H,23,25)(H,21,22,24). The number of anilines is 3. The molecule has 26 heavy (non-hydrogen) atoms. The van der Waals surface area contributed by atoms with E-state index >= 15 is 0 Å². The number of carbonyl (C=O) groups excluding carboxylic acids is 1. The highest BCUT2D eigenvalue weighted by Crippen LogP contribution is 2.22. The fourth-order valence-electron chi connectivity index (χ4n) is 2.54. The second-order valence-electron chi connectivity index (χ2n) is 5.87. The van der Waals surface area contributed by atoms with Crippen LogP contribution in [0.3, 0.4) is 0 Å². The molecule has 3 rings (SSSR count). The van der Waals surface area contributed by atoms with Crippen molar-refractivity contribution in [2.45, 2.75) is 13.8 Å². The topological polar surface area (TPSA) is 76.1 Å². The first-order chi connectivity index (χ1) is 12.6. The second kappa shape index (κ2) is 7.65. The normalized spacial score (nSPS) is 10.3. The molecular formula is C20H20N4O2. The van der Waals surface area contributed by atoms with Crippen LogP contribution in [-0.4, -0.2) is 23.0 Å². The predicted octanol–water partition coefficient (Wildman–Crippen LogP) is 4.10. The number of aromatic nitrogens is 2. The first kappa shape index (κ1) is 17.4. The third-order valence-electron chi connectivity index (χ3n) is 3.96. The summed E-state index contributed by atoms with van der Waals surface area (Å²) >= 11 is 0. The van der Waals surface area contributed by atoms with Gasteiger partial charge in [0.25, 0.3) is 5.91 Å². The second-order valence-corrected chi connectivity index (χ2v) is 5.87. The Kier molecular flexibility index (Phi) is 5.12. The van der Waals surface area contributed by atoms with Crippen LogP contribution in [0.15, 0.2) is 54.9 Å². The highest BCUT2D eigenvalue weighted by molar-refractivity contribution is 6.04. The molecule has 0 fully saturated rings. The number of rotatable bonds is 5. The van der Waals surface area contributed by atoms with Gasteiger partial charge in [-0.25, -0.2) is 9.97 Å². The largest absolute Gasteiger partial charge is 0.497 e. The van der Waals surface area contributed by atoms with Gasteiger partial charge in [-0.15, -0.1) is 0 Å². The highest BCUT2D eigenvalue weighted by atomic mass is 16.5. The number of nitrogens with zero attached hydrogens (tertiary/aromatic N) is 2. The minimum atomic E-state index is -0.281. The van der Waals surface area contributed by atoms with E-state index in [1.54, 1.807) is 19.2 Å². The summed E-state index contributed by atoms with van der Waals surface area (Å²) in [6, 6.07) is 13.2. The lowest BCUT2D eigenvalue weighted by Crippen LogP contribution is -2.13. The van der Waals surface area contributed by atoms with Gasteiger partial charge in [0.2, 0.25) is 5.95 Å². The van der Waals surface area contributed by atoms with Crippen molar-refractivity contribution in [3.05, 3.63) is 71.5 Å². The quantitative estimate of drug-likeness (QED) is 0.726. The van der Waals surface area contributed by atoms with Crippen LogP contribution in [-0.2, 0) is 0 Å². The van der Waals surface area contributed by atoms with Crippen LogP contribution in [0.25, 0.3) is 0 Å². The van der Waals surface area contributed by atoms with Crippen molar-refractivity contribution in [1.29, 1.82) is 0 Å². The van der Waals surface area contributed by atoms with Crippen LogP contribution in [0.1, 0.15) is 21.5 Å². The molecular weight excluding hydrogens is 328 g/mol. The highest BCUT2D eigenvalue weighted by Gasteiger charge is 2.09. The van der Waals surface area contributed by atoms with Crippen molar-refractivity contribution in [2.24, 2.45) is 0 Å². The third-order valence-corrected chi connectivity index (χ3v) is 3.96. The number of hydrogen-bond acceptors (Lipinski definition) is 5. The zero-order chi connectivity index (χ0) is 18.5. The Bertz CT molecular complexity index is 903. The third kappa shape index (κ3) is 3.97. The lowest BCUT2D eigenvalue weighted by molar-refractivity contribution is 0.102. The van der Waals surface area contributed by atoms with Gasteiger partial charge in [-0.3, -0.25) is 4.79 Å². The number of aryl methyl sites for hydroxylation is 2. The number of amides is 1. The van der Waals surface area contributed by atoms with Crippen LogP contribution < -0.4 is 15.4 Å². The number of methoxy groups -OCH3 is 1. The molecule has 1 amide bonds. The minimum Gasteiger partial charge on any atom is -0.497 e. The molecule has 0 atom stereocenters. The molecule has 0 saturated heterocycles. The molecule has 0 radical (unpaired) electrons. The molecule has 1 heterocycles. The van der Waals surface area contributed by atoms with Gasteiger partial charge in [-0.05, 0) is 37.1 Å². The number of para-hydroxylation sites is 1. The van der Waals surface area contributed by atoms with E-state index in [0.717, 1.165) is 16.8 Å². The Morgan fingerprint density at radius 1 is 1.00 bits per heavy atom. The van der Waals surface area contributed by atoms with Crippen molar-refractivity contribution >= 4 is 23.2 Å². The van der Waals surface area contributed by atoms with Gasteiger partial charge in [0.15, 0.2) is 0 Å². The molecule has 0 unspecified atom stereocenters. The first-order valence-electron chi connectivity index (χ1n) is 8.17. The smallest absolute Gasteiger partial charge is 0.258 e. The number of nitrogens with one attached hydrogen (secondary N) is 2. The molecule has 2 aromatic carbocycles. The molecule has 0 bridgehead atoms. The Morgan fingerprint density at radius 3 is 2.31 bits per heavy atom. The lowest BCUT2D eigenvalue weighted by atomic mass is 10.1. The van der Waals surface area contributed by atoms with Crippen LogP contribution >= 0.6 is 0 Å². The van der Waals surface area contributed by atoms with Gasteiger partial charge in [0.05, 0.1) is 12.7 Å². The Hall–Kier alpha value is -3.41. The first-order valence-corrected chi connectivity index (χ1v) is 8.17. The van der Waals surface area contributed by atoms with Crippen molar-refractivity contribution < 1.29 is 9.53 Å². The average molecular weight is 348 g/mol. The average Bonchev–Trinajstić information content (AvgIpc) is 2.65. The molecule has 0 aliphatic rings. The van der Waals surface area contributed by atoms with Crippen molar-refractivity contribution in [3.63, 3.8) is 0 Å². The minimum absolute atomic E-state index is 0.281. The van der Waals surface area contributed by atoms with E-state index in [1.165, 1.54) is 12.4 Å². The maximum atomic E-state index is 12.3. The number of ether oxygens (including phenoxy) is 1. The fraction of sp³-hybridized carbons (Fsp3) is 0.150. The van der Waals surface area contributed by atoms with Gasteiger partial charge in [-0.1, -0.05) is 24.3 Å². The van der Waals surface area contributed by atoms with Crippen LogP contribution in [0.4, 0.5) is 17.3 Å². The molecule has 132 valence electrons. The molecule has 0 spiro atoms. The van der Waals surface area contributed by atoms with Crippen LogP contribution in [0.5, 0.6) is 5.75 Å². The Labute approximate surface area is 152 Å². The van der Waals surface area contributed by atoms with E-state index < -0.39 is 0 Å². The van der Waals surface area contributed by atoms with E-state index in [2.05, 4.69) is 20.6 Å². The monoisotopic (exact) mass is 348 g/mol. The Balaban J connectivity index is 1.71. The summed E-state index contributed by atoms with van der Waals surface area (Å²) in [7, 11) is 1.58. The van der Waals surface area contributed by atoms with Crippen LogP contribution in [0.2, 0.25) is 0 Å². The summed E-state index contributed by atoms with van der Waals surface area (Å²) in [5.74, 6) is 0.837. The van der Waals surface area contributed by atoms with E-state index in [-0.39, 0.29) is 5.91 Å². The molecule has 3 aromatic rings. The van der Waals surface area contributed by atoms with Gasteiger partial charge < -0.3 is 15.4 Å². The summed E-state index contributed by atoms with van der Waals surface area (Å²) < 4.78 is 5.15. The fourth-order valence-corrected chi connectivity index (χ4v) is 2.54. The van der Waals surface area contributed by atoms with Crippen LogP contribution in [0, 0.1) is 13.8 Å². The lowest BCUT2D eigenvalue weighted by Gasteiger charge is -2.11. The van der Waals surface area contributed by atoms with E-state index in [4.69, 9.17) is 4.74 Å². The summed E-state index contributed by atoms with van der Waals surface area (Å²) in [5.41, 5.74) is 4.20. The Morgan fingerprint density at radius 2 is 1.65 bits per heavy atom. The molecule has 6 nitrogen and oxygen atoms in total. The van der Waals surface area contributed by atoms with Crippen molar-refractivity contribution in [1.82, 2.24) is 9.97 Å². The summed E-state index contributed by atoms with van der Waals surface area (Å²) in [6.07, 6.45) is 3.00.